The molecule has 4 atom stereocenters. The number of carbonyl (C=O) groups is 4. The maximum Gasteiger partial charge on any atom is 0.251 e. The average Bonchev–Trinajstić information content (AvgIpc) is 3.45. The zero-order valence-corrected chi connectivity index (χ0v) is 26.4. The molecule has 0 saturated carbocycles. The third kappa shape index (κ3) is 10.0. The Morgan fingerprint density at radius 2 is 1.48 bits per heavy atom. The summed E-state index contributed by atoms with van der Waals surface area (Å²) in [4.78, 5) is 51.8. The van der Waals surface area contributed by atoms with E-state index in [1.165, 1.54) is 0 Å². The fourth-order valence-electron chi connectivity index (χ4n) is 4.67. The number of likely N-dealkylation sites (N-methyl/N-ethyl adjacent to an activating group) is 1. The number of rotatable bonds is 15. The van der Waals surface area contributed by atoms with E-state index in [0.717, 1.165) is 11.3 Å². The van der Waals surface area contributed by atoms with Crippen LogP contribution in [0.2, 0.25) is 0 Å². The van der Waals surface area contributed by atoms with Crippen LogP contribution in [-0.2, 0) is 23.1 Å². The lowest BCUT2D eigenvalue weighted by atomic mass is 10.0. The van der Waals surface area contributed by atoms with Crippen LogP contribution in [0.5, 0.6) is 0 Å². The number of hydrogen-bond donors (Lipinski definition) is 5. The molecule has 11 nitrogen and oxygen atoms in total. The predicted octanol–water partition coefficient (Wildman–Crippen LogP) is 2.51. The first-order valence-corrected chi connectivity index (χ1v) is 15.0. The van der Waals surface area contributed by atoms with Crippen LogP contribution in [0.4, 0.5) is 0 Å². The molecule has 3 aromatic rings. The molecular weight excluding hydrogens is 558 g/mol. The monoisotopic (exact) mass is 603 g/mol. The molecule has 236 valence electrons. The highest BCUT2D eigenvalue weighted by Gasteiger charge is 2.26. The molecule has 3 rings (SSSR count). The average molecular weight is 604 g/mol. The number of amides is 4. The summed E-state index contributed by atoms with van der Waals surface area (Å²) < 4.78 is 1.67. The highest BCUT2D eigenvalue weighted by Crippen LogP contribution is 2.12. The van der Waals surface area contributed by atoms with Crippen LogP contribution in [0.15, 0.2) is 66.9 Å². The van der Waals surface area contributed by atoms with E-state index in [1.54, 1.807) is 35.9 Å². The van der Waals surface area contributed by atoms with Crippen LogP contribution in [0.25, 0.3) is 0 Å². The van der Waals surface area contributed by atoms with E-state index in [-0.39, 0.29) is 41.6 Å². The molecule has 0 fully saturated rings. The zero-order valence-electron chi connectivity index (χ0n) is 26.4. The van der Waals surface area contributed by atoms with Gasteiger partial charge in [-0.05, 0) is 62.9 Å². The molecule has 11 heteroatoms. The quantitative estimate of drug-likeness (QED) is 0.180. The van der Waals surface area contributed by atoms with Crippen LogP contribution < -0.4 is 26.6 Å². The largest absolute Gasteiger partial charge is 0.355 e. The Hall–Kier alpha value is -4.51. The summed E-state index contributed by atoms with van der Waals surface area (Å²) in [5.74, 6) is -1.27. The summed E-state index contributed by atoms with van der Waals surface area (Å²) in [6.07, 6.45) is 2.33. The molecule has 5 N–H and O–H groups in total. The van der Waals surface area contributed by atoms with Gasteiger partial charge in [-0.2, -0.15) is 5.10 Å². The number of hydrogen-bond acceptors (Lipinski definition) is 6. The second kappa shape index (κ2) is 16.4. The van der Waals surface area contributed by atoms with Gasteiger partial charge in [-0.3, -0.25) is 23.9 Å². The molecule has 0 aliphatic heterocycles. The Morgan fingerprint density at radius 1 is 0.818 bits per heavy atom. The lowest BCUT2D eigenvalue weighted by Gasteiger charge is -2.25. The van der Waals surface area contributed by atoms with Gasteiger partial charge >= 0.3 is 0 Å². The number of aryl methyl sites for hydroxylation is 1. The first-order valence-electron chi connectivity index (χ1n) is 15.0. The number of benzene rings is 2. The topological polar surface area (TPSA) is 146 Å². The molecule has 0 bridgehead atoms. The van der Waals surface area contributed by atoms with E-state index >= 15 is 0 Å². The van der Waals surface area contributed by atoms with Crippen molar-refractivity contribution >= 4 is 23.6 Å². The summed E-state index contributed by atoms with van der Waals surface area (Å²) in [7, 11) is 1.81. The van der Waals surface area contributed by atoms with Crippen molar-refractivity contribution in [2.45, 2.75) is 65.2 Å². The van der Waals surface area contributed by atoms with E-state index in [0.29, 0.717) is 30.6 Å². The van der Waals surface area contributed by atoms with E-state index in [1.807, 2.05) is 77.3 Å². The predicted molar refractivity (Wildman–Crippen MR) is 170 cm³/mol. The highest BCUT2D eigenvalue weighted by molar-refractivity contribution is 6.00. The molecule has 0 spiro atoms. The highest BCUT2D eigenvalue weighted by atomic mass is 16.2. The molecule has 0 aliphatic rings. The van der Waals surface area contributed by atoms with Crippen molar-refractivity contribution in [3.05, 3.63) is 89.2 Å². The Labute approximate surface area is 259 Å². The van der Waals surface area contributed by atoms with E-state index < -0.39 is 12.1 Å². The molecule has 0 radical (unpaired) electrons. The van der Waals surface area contributed by atoms with Gasteiger partial charge in [0.25, 0.3) is 11.8 Å². The molecule has 0 aliphatic carbocycles. The summed E-state index contributed by atoms with van der Waals surface area (Å²) in [5, 5.41) is 19.1. The van der Waals surface area contributed by atoms with Crippen molar-refractivity contribution in [1.29, 1.82) is 0 Å². The molecule has 1 aromatic heterocycles. The molecule has 1 heterocycles. The minimum absolute atomic E-state index is 0.0844. The van der Waals surface area contributed by atoms with Crippen molar-refractivity contribution in [3.8, 4) is 0 Å². The maximum absolute atomic E-state index is 13.4. The van der Waals surface area contributed by atoms with Crippen molar-refractivity contribution < 1.29 is 19.2 Å². The van der Waals surface area contributed by atoms with Crippen LogP contribution >= 0.6 is 0 Å². The molecule has 1 unspecified atom stereocenters. The van der Waals surface area contributed by atoms with Gasteiger partial charge in [0, 0.05) is 43.5 Å². The van der Waals surface area contributed by atoms with Crippen LogP contribution in [0.1, 0.15) is 72.6 Å². The van der Waals surface area contributed by atoms with Gasteiger partial charge in [-0.15, -0.1) is 0 Å². The maximum atomic E-state index is 13.4. The SMILES string of the molecule is CCNC(=O)[C@@H](NC(=O)[C@H](C)NC[C@H](Cc1ccccc1)NC(=O)c1cccc(C(=O)NC(C)c2ccn(C)n2)c1)C(C)C. The van der Waals surface area contributed by atoms with Crippen molar-refractivity contribution in [2.75, 3.05) is 13.1 Å². The van der Waals surface area contributed by atoms with E-state index in [2.05, 4.69) is 31.7 Å². The van der Waals surface area contributed by atoms with E-state index in [9.17, 15) is 19.2 Å². The summed E-state index contributed by atoms with van der Waals surface area (Å²) in [5.41, 5.74) is 2.45. The Kier molecular flexibility index (Phi) is 12.6. The smallest absolute Gasteiger partial charge is 0.251 e. The molecule has 4 amide bonds. The lowest BCUT2D eigenvalue weighted by Crippen LogP contribution is -2.55. The van der Waals surface area contributed by atoms with Crippen LogP contribution in [0.3, 0.4) is 0 Å². The third-order valence-corrected chi connectivity index (χ3v) is 7.23. The molecule has 44 heavy (non-hydrogen) atoms. The standard InChI is InChI=1S/C33H45N7O4/c1-7-34-33(44)29(21(2)3)38-30(41)23(5)35-20-27(18-24-12-9-8-10-13-24)37-32(43)26-15-11-14-25(19-26)31(42)36-22(4)28-16-17-40(6)39-28/h8-17,19,21-23,27,29,35H,7,18,20H2,1-6H3,(H,34,44)(H,36,42)(H,37,43)(H,38,41)/t22?,23-,27-,29-/m0/s1. The fraction of sp³-hybridized carbons (Fsp3) is 0.424. The first kappa shape index (κ1) is 34.0. The molecular formula is C33H45N7O4. The van der Waals surface area contributed by atoms with Crippen molar-refractivity contribution in [2.24, 2.45) is 13.0 Å². The Balaban J connectivity index is 1.67. The van der Waals surface area contributed by atoms with Gasteiger partial charge in [0.2, 0.25) is 11.8 Å². The number of nitrogens with one attached hydrogen (secondary N) is 5. The third-order valence-electron chi connectivity index (χ3n) is 7.23. The van der Waals surface area contributed by atoms with Crippen molar-refractivity contribution in [1.82, 2.24) is 36.4 Å². The second-order valence-corrected chi connectivity index (χ2v) is 11.3. The lowest BCUT2D eigenvalue weighted by molar-refractivity contribution is -0.130. The summed E-state index contributed by atoms with van der Waals surface area (Å²) in [6, 6.07) is 16.2. The minimum atomic E-state index is -0.650. The van der Waals surface area contributed by atoms with Crippen LogP contribution in [-0.4, -0.2) is 64.6 Å². The number of nitrogens with zero attached hydrogens (tertiary/aromatic N) is 2. The Bertz CT molecular complexity index is 1410. The van der Waals surface area contributed by atoms with Gasteiger partial charge in [-0.25, -0.2) is 0 Å². The number of carbonyl (C=O) groups excluding carboxylic acids is 4. The van der Waals surface area contributed by atoms with Gasteiger partial charge in [-0.1, -0.05) is 50.2 Å². The second-order valence-electron chi connectivity index (χ2n) is 11.3. The van der Waals surface area contributed by atoms with Crippen LogP contribution in [0, 0.1) is 5.92 Å². The normalized spacial score (nSPS) is 13.8. The molecule has 0 saturated heterocycles. The minimum Gasteiger partial charge on any atom is -0.355 e. The Morgan fingerprint density at radius 3 is 2.07 bits per heavy atom. The molecule has 2 aromatic carbocycles. The fourth-order valence-corrected chi connectivity index (χ4v) is 4.67. The van der Waals surface area contributed by atoms with E-state index in [4.69, 9.17) is 0 Å². The first-order chi connectivity index (χ1) is 21.0. The zero-order chi connectivity index (χ0) is 32.2. The van der Waals surface area contributed by atoms with Crippen molar-refractivity contribution in [3.63, 3.8) is 0 Å². The van der Waals surface area contributed by atoms with Gasteiger partial charge in [0.1, 0.15) is 6.04 Å². The van der Waals surface area contributed by atoms with Gasteiger partial charge in [0.15, 0.2) is 0 Å². The number of aromatic nitrogens is 2. The summed E-state index contributed by atoms with van der Waals surface area (Å²) in [6.45, 7) is 9.93. The summed E-state index contributed by atoms with van der Waals surface area (Å²) >= 11 is 0. The van der Waals surface area contributed by atoms with Gasteiger partial charge in [0.05, 0.1) is 17.8 Å². The van der Waals surface area contributed by atoms with Gasteiger partial charge < -0.3 is 26.6 Å².